The van der Waals surface area contributed by atoms with Gasteiger partial charge in [-0.1, -0.05) is 6.07 Å². The molecular formula is C14H14F3N5O2S. The van der Waals surface area contributed by atoms with Crippen LogP contribution in [0.25, 0.3) is 0 Å². The van der Waals surface area contributed by atoms with Crippen LogP contribution >= 0.6 is 0 Å². The Balaban J connectivity index is 1.72. The molecule has 0 amide bonds. The lowest BCUT2D eigenvalue weighted by Gasteiger charge is -2.12. The summed E-state index contributed by atoms with van der Waals surface area (Å²) in [5.41, 5.74) is -0.631. The summed E-state index contributed by atoms with van der Waals surface area (Å²) in [4.78, 5) is 4.10. The molecule has 3 rings (SSSR count). The van der Waals surface area contributed by atoms with E-state index in [0.717, 1.165) is 12.1 Å². The van der Waals surface area contributed by atoms with Crippen LogP contribution in [0, 0.1) is 0 Å². The molecule has 0 aliphatic carbocycles. The van der Waals surface area contributed by atoms with Crippen LogP contribution in [-0.4, -0.2) is 41.1 Å². The fourth-order valence-electron chi connectivity index (χ4n) is 2.45. The van der Waals surface area contributed by atoms with Crippen LogP contribution in [0.5, 0.6) is 0 Å². The molecule has 11 heteroatoms. The maximum absolute atomic E-state index is 12.7. The van der Waals surface area contributed by atoms with E-state index in [1.807, 2.05) is 0 Å². The largest absolute Gasteiger partial charge is 0.416 e. The second-order valence-electron chi connectivity index (χ2n) is 5.61. The number of rotatable bonds is 4. The average molecular weight is 373 g/mol. The van der Waals surface area contributed by atoms with Gasteiger partial charge < -0.3 is 10.6 Å². The van der Waals surface area contributed by atoms with Crippen LogP contribution in [0.15, 0.2) is 30.5 Å². The number of sulfone groups is 1. The maximum atomic E-state index is 12.7. The summed E-state index contributed by atoms with van der Waals surface area (Å²) in [5.74, 6) is 0.420. The number of hydrogen-bond donors (Lipinski definition) is 2. The predicted molar refractivity (Wildman–Crippen MR) is 85.2 cm³/mol. The minimum Gasteiger partial charge on any atom is -0.365 e. The summed E-state index contributed by atoms with van der Waals surface area (Å²) in [7, 11) is -3.04. The Labute approximate surface area is 141 Å². The lowest BCUT2D eigenvalue weighted by atomic mass is 10.2. The Bertz CT molecular complexity index is 873. The lowest BCUT2D eigenvalue weighted by molar-refractivity contribution is -0.137. The highest BCUT2D eigenvalue weighted by Crippen LogP contribution is 2.31. The Morgan fingerprint density at radius 1 is 1.24 bits per heavy atom. The zero-order valence-corrected chi connectivity index (χ0v) is 13.6. The Morgan fingerprint density at radius 2 is 2.04 bits per heavy atom. The minimum atomic E-state index is -4.45. The summed E-state index contributed by atoms with van der Waals surface area (Å²) >= 11 is 0. The summed E-state index contributed by atoms with van der Waals surface area (Å²) in [6.07, 6.45) is -2.67. The number of halogens is 3. The fraction of sp³-hybridized carbons (Fsp3) is 0.357. The molecule has 1 atom stereocenters. The van der Waals surface area contributed by atoms with E-state index in [1.54, 1.807) is 0 Å². The molecule has 1 aromatic carbocycles. The molecule has 1 fully saturated rings. The molecule has 1 aliphatic rings. The van der Waals surface area contributed by atoms with Crippen molar-refractivity contribution in [1.82, 2.24) is 15.2 Å². The van der Waals surface area contributed by atoms with Gasteiger partial charge in [-0.15, -0.1) is 5.10 Å². The first-order valence-corrected chi connectivity index (χ1v) is 9.14. The molecule has 1 aliphatic heterocycles. The summed E-state index contributed by atoms with van der Waals surface area (Å²) in [6.45, 7) is 0. The lowest BCUT2D eigenvalue weighted by Crippen LogP contribution is -2.21. The van der Waals surface area contributed by atoms with E-state index < -0.39 is 21.6 Å². The number of aromatic nitrogens is 3. The maximum Gasteiger partial charge on any atom is 0.416 e. The predicted octanol–water partition coefficient (Wildman–Crippen LogP) is 2.23. The standard InChI is InChI=1S/C14H14F3N5O2S/c15-14(16,17)9-2-1-3-10(6-9)20-13-21-12(7-18-22-13)19-11-4-5-25(23,24)8-11/h1-3,6-7,11H,4-5,8H2,(H2,19,20,21,22). The highest BCUT2D eigenvalue weighted by molar-refractivity contribution is 7.91. The van der Waals surface area contributed by atoms with E-state index in [4.69, 9.17) is 0 Å². The van der Waals surface area contributed by atoms with Gasteiger partial charge >= 0.3 is 6.18 Å². The zero-order valence-electron chi connectivity index (χ0n) is 12.8. The molecule has 2 heterocycles. The van der Waals surface area contributed by atoms with Gasteiger partial charge in [-0.25, -0.2) is 8.42 Å². The molecule has 25 heavy (non-hydrogen) atoms. The summed E-state index contributed by atoms with van der Waals surface area (Å²) in [5, 5.41) is 13.0. The van der Waals surface area contributed by atoms with Gasteiger partial charge in [-0.2, -0.15) is 23.3 Å². The van der Waals surface area contributed by atoms with Crippen LogP contribution in [0.1, 0.15) is 12.0 Å². The van der Waals surface area contributed by atoms with Crippen molar-refractivity contribution in [2.75, 3.05) is 22.1 Å². The van der Waals surface area contributed by atoms with Crippen molar-refractivity contribution < 1.29 is 21.6 Å². The Morgan fingerprint density at radius 3 is 2.72 bits per heavy atom. The van der Waals surface area contributed by atoms with Gasteiger partial charge in [0.15, 0.2) is 15.7 Å². The smallest absolute Gasteiger partial charge is 0.365 e. The number of alkyl halides is 3. The first-order chi connectivity index (χ1) is 11.7. The van der Waals surface area contributed by atoms with Gasteiger partial charge in [0, 0.05) is 11.7 Å². The molecule has 2 N–H and O–H groups in total. The van der Waals surface area contributed by atoms with Crippen LogP contribution < -0.4 is 10.6 Å². The molecule has 1 saturated heterocycles. The Kier molecular flexibility index (Phi) is 4.50. The third-order valence-corrected chi connectivity index (χ3v) is 5.36. The zero-order chi connectivity index (χ0) is 18.1. The highest BCUT2D eigenvalue weighted by atomic mass is 32.2. The average Bonchev–Trinajstić information content (AvgIpc) is 2.86. The van der Waals surface area contributed by atoms with Gasteiger partial charge in [-0.3, -0.25) is 0 Å². The first kappa shape index (κ1) is 17.4. The second kappa shape index (κ2) is 6.47. The number of benzene rings is 1. The van der Waals surface area contributed by atoms with E-state index in [-0.39, 0.29) is 29.2 Å². The SMILES string of the molecule is O=S1(=O)CCC(Nc2cnnc(Nc3cccc(C(F)(F)F)c3)n2)C1. The van der Waals surface area contributed by atoms with Gasteiger partial charge in [-0.05, 0) is 24.6 Å². The highest BCUT2D eigenvalue weighted by Gasteiger charge is 2.30. The quantitative estimate of drug-likeness (QED) is 0.848. The molecule has 0 bridgehead atoms. The van der Waals surface area contributed by atoms with E-state index >= 15 is 0 Å². The van der Waals surface area contributed by atoms with Crippen molar-refractivity contribution in [1.29, 1.82) is 0 Å². The van der Waals surface area contributed by atoms with Crippen LogP contribution in [-0.2, 0) is 16.0 Å². The monoisotopic (exact) mass is 373 g/mol. The van der Waals surface area contributed by atoms with E-state index in [9.17, 15) is 21.6 Å². The van der Waals surface area contributed by atoms with Gasteiger partial charge in [0.1, 0.15) is 0 Å². The van der Waals surface area contributed by atoms with Crippen molar-refractivity contribution in [3.05, 3.63) is 36.0 Å². The molecule has 134 valence electrons. The van der Waals surface area contributed by atoms with Crippen molar-refractivity contribution in [3.8, 4) is 0 Å². The van der Waals surface area contributed by atoms with Crippen LogP contribution in [0.2, 0.25) is 0 Å². The van der Waals surface area contributed by atoms with Crippen LogP contribution in [0.4, 0.5) is 30.6 Å². The van der Waals surface area contributed by atoms with Crippen molar-refractivity contribution in [2.45, 2.75) is 18.6 Å². The summed E-state index contributed by atoms with van der Waals surface area (Å²) < 4.78 is 61.1. The second-order valence-corrected chi connectivity index (χ2v) is 7.84. The number of anilines is 3. The molecule has 0 saturated carbocycles. The van der Waals surface area contributed by atoms with Gasteiger partial charge in [0.05, 0.1) is 23.3 Å². The third kappa shape index (κ3) is 4.56. The number of hydrogen-bond acceptors (Lipinski definition) is 7. The van der Waals surface area contributed by atoms with E-state index in [2.05, 4.69) is 25.8 Å². The minimum absolute atomic E-state index is 0.00479. The molecular weight excluding hydrogens is 359 g/mol. The third-order valence-electron chi connectivity index (χ3n) is 3.59. The topological polar surface area (TPSA) is 96.9 Å². The van der Waals surface area contributed by atoms with Crippen molar-refractivity contribution >= 4 is 27.3 Å². The molecule has 0 radical (unpaired) electrons. The van der Waals surface area contributed by atoms with Crippen molar-refractivity contribution in [2.24, 2.45) is 0 Å². The fourth-order valence-corrected chi connectivity index (χ4v) is 4.12. The normalized spacial score (nSPS) is 19.6. The molecule has 7 nitrogen and oxygen atoms in total. The molecule has 0 spiro atoms. The number of nitrogens with zero attached hydrogens (tertiary/aromatic N) is 3. The molecule has 2 aromatic rings. The first-order valence-electron chi connectivity index (χ1n) is 7.32. The van der Waals surface area contributed by atoms with E-state index in [0.29, 0.717) is 12.2 Å². The van der Waals surface area contributed by atoms with Gasteiger partial charge in [0.2, 0.25) is 5.95 Å². The molecule has 1 aromatic heterocycles. The van der Waals surface area contributed by atoms with Crippen molar-refractivity contribution in [3.63, 3.8) is 0 Å². The van der Waals surface area contributed by atoms with Gasteiger partial charge in [0.25, 0.3) is 0 Å². The van der Waals surface area contributed by atoms with E-state index in [1.165, 1.54) is 18.3 Å². The van der Waals surface area contributed by atoms with Crippen LogP contribution in [0.3, 0.4) is 0 Å². The number of nitrogens with one attached hydrogen (secondary N) is 2. The Hall–Kier alpha value is -2.43. The summed E-state index contributed by atoms with van der Waals surface area (Å²) in [6, 6.07) is 4.34. The molecule has 1 unspecified atom stereocenters.